The molecule has 0 heterocycles. The van der Waals surface area contributed by atoms with Gasteiger partial charge in [0.25, 0.3) is 0 Å². The first kappa shape index (κ1) is 31.9. The highest BCUT2D eigenvalue weighted by molar-refractivity contribution is 5.92. The average molecular weight is 572 g/mol. The van der Waals surface area contributed by atoms with Gasteiger partial charge in [-0.3, -0.25) is 9.59 Å². The fraction of sp³-hybridized carbons (Fsp3) is 0.324. The van der Waals surface area contributed by atoms with Crippen LogP contribution >= 0.6 is 0 Å². The second-order valence-corrected chi connectivity index (χ2v) is 11.3. The summed E-state index contributed by atoms with van der Waals surface area (Å²) in [6.45, 7) is 13.3. The van der Waals surface area contributed by atoms with Crippen molar-refractivity contribution < 1.29 is 24.2 Å². The van der Waals surface area contributed by atoms with Gasteiger partial charge < -0.3 is 25.4 Å². The molecule has 0 fully saturated rings. The van der Waals surface area contributed by atoms with Crippen molar-refractivity contribution in [1.29, 1.82) is 0 Å². The summed E-state index contributed by atoms with van der Waals surface area (Å²) in [7, 11) is 0. The molecule has 0 aliphatic rings. The Morgan fingerprint density at radius 1 is 0.952 bits per heavy atom. The van der Waals surface area contributed by atoms with Gasteiger partial charge in [-0.05, 0) is 74.6 Å². The minimum absolute atomic E-state index is 0.0528. The molecule has 0 spiro atoms. The van der Waals surface area contributed by atoms with Gasteiger partial charge in [-0.1, -0.05) is 66.7 Å². The summed E-state index contributed by atoms with van der Waals surface area (Å²) >= 11 is 0. The van der Waals surface area contributed by atoms with Crippen molar-refractivity contribution in [2.45, 2.75) is 65.3 Å². The number of carbonyl (C=O) groups excluding carboxylic acids is 3. The lowest BCUT2D eigenvalue weighted by atomic mass is 9.97. The van der Waals surface area contributed by atoms with E-state index in [-0.39, 0.29) is 31.2 Å². The van der Waals surface area contributed by atoms with E-state index in [4.69, 9.17) is 4.74 Å². The van der Waals surface area contributed by atoms with Crippen molar-refractivity contribution in [3.8, 4) is 5.75 Å². The van der Waals surface area contributed by atoms with Gasteiger partial charge in [0.1, 0.15) is 23.4 Å². The van der Waals surface area contributed by atoms with Gasteiger partial charge in [-0.2, -0.15) is 0 Å². The molecule has 3 amide bonds. The van der Waals surface area contributed by atoms with Crippen LogP contribution in [0.15, 0.2) is 85.5 Å². The SMILES string of the molecule is C=CCN(C(=O)C(Cc1ccc(O)cc1)NC(=O)OC(C)(C)C)C(C(=O)NCc1ccccc1)c1ccc(C)c(C)c1. The van der Waals surface area contributed by atoms with Gasteiger partial charge in [0.05, 0.1) is 0 Å². The maximum atomic E-state index is 14.3. The summed E-state index contributed by atoms with van der Waals surface area (Å²) in [5.74, 6) is -0.759. The number of phenolic OH excluding ortho intramolecular Hbond substituents is 1. The fourth-order valence-corrected chi connectivity index (χ4v) is 4.47. The molecular formula is C34H41N3O5. The molecular weight excluding hydrogens is 530 g/mol. The third-order valence-corrected chi connectivity index (χ3v) is 6.69. The Hall–Kier alpha value is -4.59. The van der Waals surface area contributed by atoms with Gasteiger partial charge in [0, 0.05) is 19.5 Å². The molecule has 42 heavy (non-hydrogen) atoms. The number of amides is 3. The van der Waals surface area contributed by atoms with Crippen molar-refractivity contribution in [2.24, 2.45) is 0 Å². The van der Waals surface area contributed by atoms with E-state index in [1.165, 1.54) is 17.0 Å². The second kappa shape index (κ2) is 14.3. The highest BCUT2D eigenvalue weighted by Gasteiger charge is 2.36. The van der Waals surface area contributed by atoms with Crippen LogP contribution in [0, 0.1) is 13.8 Å². The number of nitrogens with one attached hydrogen (secondary N) is 2. The second-order valence-electron chi connectivity index (χ2n) is 11.3. The standard InChI is InChI=1S/C34H41N3O5/c1-7-19-37(32(40)29(36-33(41)42-34(4,5)6)21-25-14-17-28(38)18-15-25)30(27-16-13-23(2)24(3)20-27)31(39)35-22-26-11-9-8-10-12-26/h7-18,20,29-30,38H,1,19,21-22H2,2-6H3,(H,35,39)(H,36,41). The molecule has 3 rings (SSSR count). The molecule has 0 bridgehead atoms. The molecule has 3 aromatic carbocycles. The molecule has 0 aromatic heterocycles. The van der Waals surface area contributed by atoms with Crippen LogP contribution in [0.2, 0.25) is 0 Å². The summed E-state index contributed by atoms with van der Waals surface area (Å²) in [5, 5.41) is 15.4. The van der Waals surface area contributed by atoms with Crippen molar-refractivity contribution >= 4 is 17.9 Å². The molecule has 222 valence electrons. The van der Waals surface area contributed by atoms with E-state index in [0.29, 0.717) is 11.1 Å². The largest absolute Gasteiger partial charge is 0.508 e. The van der Waals surface area contributed by atoms with E-state index in [1.54, 1.807) is 39.0 Å². The van der Waals surface area contributed by atoms with E-state index < -0.39 is 29.7 Å². The van der Waals surface area contributed by atoms with Crippen LogP contribution < -0.4 is 10.6 Å². The maximum Gasteiger partial charge on any atom is 0.408 e. The highest BCUT2D eigenvalue weighted by atomic mass is 16.6. The minimum atomic E-state index is -1.07. The number of hydrogen-bond donors (Lipinski definition) is 3. The van der Waals surface area contributed by atoms with Crippen molar-refractivity contribution in [3.63, 3.8) is 0 Å². The van der Waals surface area contributed by atoms with Crippen molar-refractivity contribution in [3.05, 3.63) is 113 Å². The maximum absolute atomic E-state index is 14.3. The van der Waals surface area contributed by atoms with Crippen LogP contribution in [0.3, 0.4) is 0 Å². The van der Waals surface area contributed by atoms with Crippen molar-refractivity contribution in [2.75, 3.05) is 6.54 Å². The molecule has 0 radical (unpaired) electrons. The quantitative estimate of drug-likeness (QED) is 0.263. The first-order valence-electron chi connectivity index (χ1n) is 14.0. The summed E-state index contributed by atoms with van der Waals surface area (Å²) in [6, 6.07) is 19.5. The molecule has 0 saturated carbocycles. The normalized spacial score (nSPS) is 12.5. The zero-order valence-electron chi connectivity index (χ0n) is 25.0. The van der Waals surface area contributed by atoms with Gasteiger partial charge in [0.15, 0.2) is 0 Å². The van der Waals surface area contributed by atoms with E-state index in [2.05, 4.69) is 17.2 Å². The Kier molecular flexibility index (Phi) is 10.9. The van der Waals surface area contributed by atoms with Gasteiger partial charge in [-0.25, -0.2) is 4.79 Å². The number of benzene rings is 3. The number of carbonyl (C=O) groups is 3. The van der Waals surface area contributed by atoms with E-state index >= 15 is 0 Å². The number of rotatable bonds is 11. The van der Waals surface area contributed by atoms with Crippen molar-refractivity contribution in [1.82, 2.24) is 15.5 Å². The molecule has 0 aliphatic heterocycles. The number of nitrogens with zero attached hydrogens (tertiary/aromatic N) is 1. The number of aryl methyl sites for hydroxylation is 2. The van der Waals surface area contributed by atoms with Crippen LogP contribution in [0.4, 0.5) is 4.79 Å². The van der Waals surface area contributed by atoms with Gasteiger partial charge in [-0.15, -0.1) is 6.58 Å². The Morgan fingerprint density at radius 3 is 2.21 bits per heavy atom. The molecule has 2 unspecified atom stereocenters. The van der Waals surface area contributed by atoms with Crippen LogP contribution in [-0.4, -0.2) is 46.1 Å². The number of phenols is 1. The van der Waals surface area contributed by atoms with Crippen LogP contribution in [0.25, 0.3) is 0 Å². The summed E-state index contributed by atoms with van der Waals surface area (Å²) in [6.07, 6.45) is 0.910. The first-order chi connectivity index (χ1) is 19.9. The van der Waals surface area contributed by atoms with Crippen LogP contribution in [-0.2, 0) is 27.3 Å². The molecule has 2 atom stereocenters. The Labute approximate surface area is 248 Å². The molecule has 8 heteroatoms. The predicted molar refractivity (Wildman–Crippen MR) is 164 cm³/mol. The van der Waals surface area contributed by atoms with Crippen LogP contribution in [0.1, 0.15) is 54.6 Å². The first-order valence-corrected chi connectivity index (χ1v) is 14.0. The summed E-state index contributed by atoms with van der Waals surface area (Å²) in [4.78, 5) is 42.5. The Balaban J connectivity index is 2.02. The summed E-state index contributed by atoms with van der Waals surface area (Å²) in [5.41, 5.74) is 3.52. The molecule has 3 N–H and O–H groups in total. The van der Waals surface area contributed by atoms with E-state index in [9.17, 15) is 19.5 Å². The van der Waals surface area contributed by atoms with E-state index in [1.807, 2.05) is 62.4 Å². The number of aromatic hydroxyl groups is 1. The molecule has 3 aromatic rings. The predicted octanol–water partition coefficient (Wildman–Crippen LogP) is 5.52. The van der Waals surface area contributed by atoms with Crippen LogP contribution in [0.5, 0.6) is 5.75 Å². The van der Waals surface area contributed by atoms with E-state index in [0.717, 1.165) is 16.7 Å². The Bertz CT molecular complexity index is 1380. The fourth-order valence-electron chi connectivity index (χ4n) is 4.47. The number of alkyl carbamates (subject to hydrolysis) is 1. The molecule has 8 nitrogen and oxygen atoms in total. The summed E-state index contributed by atoms with van der Waals surface area (Å²) < 4.78 is 5.46. The monoisotopic (exact) mass is 571 g/mol. The smallest absolute Gasteiger partial charge is 0.408 e. The Morgan fingerprint density at radius 2 is 1.62 bits per heavy atom. The topological polar surface area (TPSA) is 108 Å². The third kappa shape index (κ3) is 9.23. The number of ether oxygens (including phenoxy) is 1. The molecule has 0 aliphatic carbocycles. The zero-order valence-corrected chi connectivity index (χ0v) is 25.0. The van der Waals surface area contributed by atoms with Gasteiger partial charge in [0.2, 0.25) is 11.8 Å². The zero-order chi connectivity index (χ0) is 30.9. The van der Waals surface area contributed by atoms with Gasteiger partial charge >= 0.3 is 6.09 Å². The highest BCUT2D eigenvalue weighted by Crippen LogP contribution is 2.26. The third-order valence-electron chi connectivity index (χ3n) is 6.69. The lowest BCUT2D eigenvalue weighted by Crippen LogP contribution is -2.53. The lowest BCUT2D eigenvalue weighted by Gasteiger charge is -2.34. The minimum Gasteiger partial charge on any atom is -0.508 e. The molecule has 0 saturated heterocycles. The average Bonchev–Trinajstić information content (AvgIpc) is 2.93. The lowest BCUT2D eigenvalue weighted by molar-refractivity contribution is -0.141. The number of hydrogen-bond acceptors (Lipinski definition) is 5.